The molecule has 7 N–H and O–H groups in total. The van der Waals surface area contributed by atoms with Crippen LogP contribution in [0.4, 0.5) is 0 Å². The van der Waals surface area contributed by atoms with Gasteiger partial charge in [0.05, 0.1) is 25.4 Å². The number of hydrogen-bond donors (Lipinski definition) is 7. The van der Waals surface area contributed by atoms with Crippen LogP contribution in [0.25, 0.3) is 0 Å². The lowest BCUT2D eigenvalue weighted by atomic mass is 9.99. The molecule has 1 aliphatic heterocycles. The first-order valence-electron chi connectivity index (χ1n) is 23.7. The standard InChI is InChI=1S/C45H87NO12S/c1-3-5-7-9-11-13-15-17-19-20-22-23-25-27-29-31-33-38(48)37(36-56-45-42(51)43(58-59(53,54)55)41(50)40(35-47)57-45)46-44(52)39(49)34-32-30-28-26-24-21-18-16-14-12-10-8-6-4-2/h14,16,37-43,45,47-51H,3-13,15,17-36H2,1-2H3,(H,46,52)(H,53,54,55)/b16-14-. The molecule has 0 aliphatic carbocycles. The first-order valence-corrected chi connectivity index (χ1v) is 25.0. The van der Waals surface area contributed by atoms with Crippen LogP contribution >= 0.6 is 0 Å². The van der Waals surface area contributed by atoms with Crippen LogP contribution < -0.4 is 5.32 Å². The molecule has 0 aromatic heterocycles. The molecule has 1 aliphatic rings. The van der Waals surface area contributed by atoms with E-state index in [0.717, 1.165) is 64.2 Å². The molecule has 0 radical (unpaired) electrons. The van der Waals surface area contributed by atoms with Gasteiger partial charge in [-0.25, -0.2) is 4.18 Å². The Bertz CT molecular complexity index is 1130. The number of aliphatic hydroxyl groups is 5. The van der Waals surface area contributed by atoms with E-state index in [9.17, 15) is 43.3 Å². The smallest absolute Gasteiger partial charge is 0.394 e. The van der Waals surface area contributed by atoms with Crippen LogP contribution in [0.15, 0.2) is 12.2 Å². The quantitative estimate of drug-likeness (QED) is 0.0177. The fourth-order valence-corrected chi connectivity index (χ4v) is 8.15. The van der Waals surface area contributed by atoms with Gasteiger partial charge in [0.2, 0.25) is 5.91 Å². The number of hydrogen-bond acceptors (Lipinski definition) is 11. The number of ether oxygens (including phenoxy) is 2. The number of amides is 1. The summed E-state index contributed by atoms with van der Waals surface area (Å²) < 4.78 is 47.6. The van der Waals surface area contributed by atoms with Crippen molar-refractivity contribution in [1.29, 1.82) is 0 Å². The Morgan fingerprint density at radius 1 is 0.661 bits per heavy atom. The fraction of sp³-hybridized carbons (Fsp3) is 0.933. The Kier molecular flexibility index (Phi) is 34.3. The number of rotatable bonds is 40. The molecule has 1 saturated heterocycles. The monoisotopic (exact) mass is 866 g/mol. The zero-order valence-electron chi connectivity index (χ0n) is 36.9. The molecule has 0 bridgehead atoms. The van der Waals surface area contributed by atoms with E-state index < -0.39 is 78.5 Å². The predicted molar refractivity (Wildman–Crippen MR) is 233 cm³/mol. The third kappa shape index (κ3) is 28.9. The van der Waals surface area contributed by atoms with Crippen LogP contribution in [0.5, 0.6) is 0 Å². The van der Waals surface area contributed by atoms with Gasteiger partial charge in [-0.2, -0.15) is 8.42 Å². The maximum atomic E-state index is 13.1. The first kappa shape index (κ1) is 55.8. The zero-order valence-corrected chi connectivity index (χ0v) is 37.8. The molecule has 0 spiro atoms. The Morgan fingerprint density at radius 3 is 1.54 bits per heavy atom. The molecule has 8 atom stereocenters. The molecular weight excluding hydrogens is 779 g/mol. The number of nitrogens with one attached hydrogen (secondary N) is 1. The molecule has 0 aromatic carbocycles. The number of unbranched alkanes of at least 4 members (excludes halogenated alkanes) is 25. The van der Waals surface area contributed by atoms with Crippen LogP contribution in [-0.4, -0.2) is 107 Å². The van der Waals surface area contributed by atoms with Gasteiger partial charge >= 0.3 is 10.4 Å². The largest absolute Gasteiger partial charge is 0.397 e. The summed E-state index contributed by atoms with van der Waals surface area (Å²) in [5, 5.41) is 55.4. The Balaban J connectivity index is 2.56. The predicted octanol–water partition coefficient (Wildman–Crippen LogP) is 8.14. The average molecular weight is 866 g/mol. The number of allylic oxidation sites excluding steroid dienone is 2. The van der Waals surface area contributed by atoms with Crippen molar-refractivity contribution in [2.75, 3.05) is 13.2 Å². The van der Waals surface area contributed by atoms with Gasteiger partial charge < -0.3 is 40.3 Å². The maximum Gasteiger partial charge on any atom is 0.397 e. The summed E-state index contributed by atoms with van der Waals surface area (Å²) in [4.78, 5) is 13.1. The van der Waals surface area contributed by atoms with Crippen LogP contribution in [0, 0.1) is 0 Å². The molecule has 14 heteroatoms. The second kappa shape index (κ2) is 36.3. The first-order chi connectivity index (χ1) is 28.4. The lowest BCUT2D eigenvalue weighted by molar-refractivity contribution is -0.298. The second-order valence-corrected chi connectivity index (χ2v) is 17.9. The van der Waals surface area contributed by atoms with Gasteiger partial charge in [-0.3, -0.25) is 9.35 Å². The maximum absolute atomic E-state index is 13.1. The minimum atomic E-state index is -5.11. The molecule has 0 saturated carbocycles. The molecule has 1 rings (SSSR count). The minimum absolute atomic E-state index is 0.255. The van der Waals surface area contributed by atoms with E-state index in [1.165, 1.54) is 103 Å². The van der Waals surface area contributed by atoms with Crippen molar-refractivity contribution in [2.45, 2.75) is 255 Å². The molecular formula is C45H87NO12S. The number of aliphatic hydroxyl groups excluding tert-OH is 5. The summed E-state index contributed by atoms with van der Waals surface area (Å²) >= 11 is 0. The van der Waals surface area contributed by atoms with E-state index in [2.05, 4.69) is 35.5 Å². The lowest BCUT2D eigenvalue weighted by Gasteiger charge is -2.41. The second-order valence-electron chi connectivity index (χ2n) is 16.8. The molecule has 1 heterocycles. The minimum Gasteiger partial charge on any atom is -0.394 e. The number of carbonyl (C=O) groups excluding carboxylic acids is 1. The zero-order chi connectivity index (χ0) is 43.6. The Hall–Kier alpha value is -1.20. The van der Waals surface area contributed by atoms with Gasteiger partial charge in [-0.15, -0.1) is 0 Å². The van der Waals surface area contributed by atoms with Crippen LogP contribution in [0.1, 0.15) is 206 Å². The topological polar surface area (TPSA) is 212 Å². The van der Waals surface area contributed by atoms with E-state index in [-0.39, 0.29) is 6.42 Å². The third-order valence-corrected chi connectivity index (χ3v) is 11.9. The SMILES string of the molecule is CCCCCC/C=C\CCCCCCCCC(O)C(=O)NC(COC1OC(CO)C(O)C(OS(=O)(=O)O)C1O)C(O)CCCCCCCCCCCCCCCCCC. The molecule has 1 amide bonds. The van der Waals surface area contributed by atoms with Crippen molar-refractivity contribution in [2.24, 2.45) is 0 Å². The van der Waals surface area contributed by atoms with Crippen molar-refractivity contribution in [1.82, 2.24) is 5.32 Å². The normalized spacial score (nSPS) is 21.5. The van der Waals surface area contributed by atoms with E-state index in [1.807, 2.05) is 0 Å². The van der Waals surface area contributed by atoms with Gasteiger partial charge in [-0.05, 0) is 38.5 Å². The molecule has 350 valence electrons. The van der Waals surface area contributed by atoms with Crippen LogP contribution in [0.2, 0.25) is 0 Å². The van der Waals surface area contributed by atoms with Gasteiger partial charge in [0.15, 0.2) is 6.29 Å². The summed E-state index contributed by atoms with van der Waals surface area (Å²) in [6.45, 7) is 3.26. The summed E-state index contributed by atoms with van der Waals surface area (Å²) in [7, 11) is -5.11. The summed E-state index contributed by atoms with van der Waals surface area (Å²) in [5.74, 6) is -0.674. The fourth-order valence-electron chi connectivity index (χ4n) is 7.64. The molecule has 0 aromatic rings. The van der Waals surface area contributed by atoms with Crippen molar-refractivity contribution in [3.8, 4) is 0 Å². The van der Waals surface area contributed by atoms with E-state index in [1.54, 1.807) is 0 Å². The average Bonchev–Trinajstić information content (AvgIpc) is 3.20. The van der Waals surface area contributed by atoms with Gasteiger partial charge in [0, 0.05) is 0 Å². The summed E-state index contributed by atoms with van der Waals surface area (Å²) in [6, 6.07) is -1.03. The van der Waals surface area contributed by atoms with Gasteiger partial charge in [0.25, 0.3) is 0 Å². The van der Waals surface area contributed by atoms with E-state index in [4.69, 9.17) is 9.47 Å². The van der Waals surface area contributed by atoms with Crippen molar-refractivity contribution in [3.05, 3.63) is 12.2 Å². The van der Waals surface area contributed by atoms with Gasteiger partial charge in [0.1, 0.15) is 30.5 Å². The highest BCUT2D eigenvalue weighted by Crippen LogP contribution is 2.26. The molecule has 1 fully saturated rings. The number of carbonyl (C=O) groups is 1. The summed E-state index contributed by atoms with van der Waals surface area (Å²) in [5.41, 5.74) is 0. The van der Waals surface area contributed by atoms with E-state index >= 15 is 0 Å². The lowest BCUT2D eigenvalue weighted by Crippen LogP contribution is -2.61. The highest BCUT2D eigenvalue weighted by molar-refractivity contribution is 7.80. The van der Waals surface area contributed by atoms with Gasteiger partial charge in [-0.1, -0.05) is 180 Å². The molecule has 8 unspecified atom stereocenters. The highest BCUT2D eigenvalue weighted by Gasteiger charge is 2.48. The van der Waals surface area contributed by atoms with Crippen molar-refractivity contribution >= 4 is 16.3 Å². The van der Waals surface area contributed by atoms with Crippen LogP contribution in [0.3, 0.4) is 0 Å². The highest BCUT2D eigenvalue weighted by atomic mass is 32.3. The molecule has 59 heavy (non-hydrogen) atoms. The van der Waals surface area contributed by atoms with E-state index in [0.29, 0.717) is 19.3 Å². The summed E-state index contributed by atoms with van der Waals surface area (Å²) in [6.07, 6.45) is 26.7. The van der Waals surface area contributed by atoms with Crippen molar-refractivity contribution < 1.29 is 57.0 Å². The molecule has 13 nitrogen and oxygen atoms in total. The Labute approximate surface area is 358 Å². The Morgan fingerprint density at radius 2 is 1.08 bits per heavy atom. The third-order valence-electron chi connectivity index (χ3n) is 11.4. The van der Waals surface area contributed by atoms with Crippen LogP contribution in [-0.2, 0) is 28.9 Å². The van der Waals surface area contributed by atoms with Crippen molar-refractivity contribution in [3.63, 3.8) is 0 Å².